The molecule has 2 atom stereocenters. The van der Waals surface area contributed by atoms with Gasteiger partial charge in [-0.15, -0.1) is 11.3 Å². The molecule has 0 spiro atoms. The molecule has 0 aromatic carbocycles. The van der Waals surface area contributed by atoms with Crippen molar-refractivity contribution in [3.8, 4) is 0 Å². The van der Waals surface area contributed by atoms with Crippen LogP contribution in [0.15, 0.2) is 6.07 Å². The molecule has 2 unspecified atom stereocenters. The normalized spacial score (nSPS) is 14.6. The number of carbonyl (C=O) groups is 1. The second kappa shape index (κ2) is 5.46. The van der Waals surface area contributed by atoms with Gasteiger partial charge >= 0.3 is 0 Å². The lowest BCUT2D eigenvalue weighted by Gasteiger charge is -2.16. The first-order valence-corrected chi connectivity index (χ1v) is 6.40. The summed E-state index contributed by atoms with van der Waals surface area (Å²) in [5.41, 5.74) is 6.87. The first-order valence-electron chi connectivity index (χ1n) is 5.58. The SMILES string of the molecule is CCC(N)C(=O)NC(C)c1cc(C)sc1C. The Bertz CT molecular complexity index is 373. The van der Waals surface area contributed by atoms with E-state index in [9.17, 15) is 4.79 Å². The van der Waals surface area contributed by atoms with Crippen molar-refractivity contribution < 1.29 is 4.79 Å². The summed E-state index contributed by atoms with van der Waals surface area (Å²) in [6.45, 7) is 8.06. The molecule has 90 valence electrons. The van der Waals surface area contributed by atoms with Gasteiger partial charge in [-0.3, -0.25) is 4.79 Å². The monoisotopic (exact) mass is 240 g/mol. The third kappa shape index (κ3) is 3.06. The van der Waals surface area contributed by atoms with Gasteiger partial charge in [-0.1, -0.05) is 6.92 Å². The van der Waals surface area contributed by atoms with Crippen LogP contribution >= 0.6 is 11.3 Å². The minimum Gasteiger partial charge on any atom is -0.348 e. The fraction of sp³-hybridized carbons (Fsp3) is 0.583. The summed E-state index contributed by atoms with van der Waals surface area (Å²) in [6, 6.07) is 1.76. The number of nitrogens with two attached hydrogens (primary N) is 1. The van der Waals surface area contributed by atoms with E-state index in [1.807, 2.05) is 13.8 Å². The molecule has 0 saturated carbocycles. The van der Waals surface area contributed by atoms with Crippen molar-refractivity contribution in [2.24, 2.45) is 5.73 Å². The van der Waals surface area contributed by atoms with Gasteiger partial charge in [-0.05, 0) is 38.8 Å². The predicted molar refractivity (Wildman–Crippen MR) is 68.6 cm³/mol. The smallest absolute Gasteiger partial charge is 0.237 e. The van der Waals surface area contributed by atoms with Gasteiger partial charge in [0.05, 0.1) is 12.1 Å². The van der Waals surface area contributed by atoms with Crippen LogP contribution in [0.2, 0.25) is 0 Å². The highest BCUT2D eigenvalue weighted by atomic mass is 32.1. The highest BCUT2D eigenvalue weighted by Gasteiger charge is 2.17. The Kier molecular flexibility index (Phi) is 4.50. The quantitative estimate of drug-likeness (QED) is 0.848. The van der Waals surface area contributed by atoms with Crippen molar-refractivity contribution in [2.75, 3.05) is 0 Å². The molecule has 1 rings (SSSR count). The van der Waals surface area contributed by atoms with E-state index in [0.717, 1.165) is 0 Å². The Balaban J connectivity index is 2.69. The van der Waals surface area contributed by atoms with Crippen LogP contribution in [0.4, 0.5) is 0 Å². The predicted octanol–water partition coefficient (Wildman–Crippen LogP) is 2.28. The Morgan fingerprint density at radius 3 is 2.62 bits per heavy atom. The van der Waals surface area contributed by atoms with E-state index >= 15 is 0 Å². The molecule has 1 amide bonds. The van der Waals surface area contributed by atoms with Crippen LogP contribution in [-0.2, 0) is 4.79 Å². The lowest BCUT2D eigenvalue weighted by molar-refractivity contribution is -0.123. The Morgan fingerprint density at radius 1 is 1.56 bits per heavy atom. The van der Waals surface area contributed by atoms with E-state index in [4.69, 9.17) is 5.73 Å². The summed E-state index contributed by atoms with van der Waals surface area (Å²) >= 11 is 1.76. The lowest BCUT2D eigenvalue weighted by atomic mass is 10.1. The number of carbonyl (C=O) groups excluding carboxylic acids is 1. The van der Waals surface area contributed by atoms with Crippen molar-refractivity contribution >= 4 is 17.2 Å². The van der Waals surface area contributed by atoms with Crippen LogP contribution in [-0.4, -0.2) is 11.9 Å². The van der Waals surface area contributed by atoms with Crippen LogP contribution in [0.5, 0.6) is 0 Å². The van der Waals surface area contributed by atoms with Crippen LogP contribution in [0, 0.1) is 13.8 Å². The van der Waals surface area contributed by atoms with Crippen molar-refractivity contribution in [1.29, 1.82) is 0 Å². The van der Waals surface area contributed by atoms with E-state index in [1.165, 1.54) is 15.3 Å². The van der Waals surface area contributed by atoms with E-state index in [0.29, 0.717) is 6.42 Å². The third-order valence-electron chi connectivity index (χ3n) is 2.68. The largest absolute Gasteiger partial charge is 0.348 e. The molecular weight excluding hydrogens is 220 g/mol. The number of rotatable bonds is 4. The molecular formula is C12H20N2OS. The topological polar surface area (TPSA) is 55.1 Å². The highest BCUT2D eigenvalue weighted by Crippen LogP contribution is 2.26. The molecule has 0 aliphatic carbocycles. The summed E-state index contributed by atoms with van der Waals surface area (Å²) < 4.78 is 0. The maximum Gasteiger partial charge on any atom is 0.237 e. The van der Waals surface area contributed by atoms with Crippen LogP contribution < -0.4 is 11.1 Å². The second-order valence-corrected chi connectivity index (χ2v) is 5.57. The average molecular weight is 240 g/mol. The van der Waals surface area contributed by atoms with Crippen LogP contribution in [0.3, 0.4) is 0 Å². The van der Waals surface area contributed by atoms with Gasteiger partial charge in [0.2, 0.25) is 5.91 Å². The Labute approximate surface area is 101 Å². The third-order valence-corrected chi connectivity index (χ3v) is 3.66. The van der Waals surface area contributed by atoms with Crippen molar-refractivity contribution in [2.45, 2.75) is 46.2 Å². The number of aryl methyl sites for hydroxylation is 2. The molecule has 1 aromatic rings. The lowest BCUT2D eigenvalue weighted by Crippen LogP contribution is -2.41. The van der Waals surface area contributed by atoms with Crippen molar-refractivity contribution in [3.05, 3.63) is 21.4 Å². The molecule has 3 N–H and O–H groups in total. The van der Waals surface area contributed by atoms with Crippen molar-refractivity contribution in [1.82, 2.24) is 5.32 Å². The van der Waals surface area contributed by atoms with Gasteiger partial charge < -0.3 is 11.1 Å². The second-order valence-electron chi connectivity index (χ2n) is 4.11. The van der Waals surface area contributed by atoms with E-state index < -0.39 is 6.04 Å². The standard InChI is InChI=1S/C12H20N2OS/c1-5-11(13)12(15)14-8(3)10-6-7(2)16-9(10)4/h6,8,11H,5,13H2,1-4H3,(H,14,15). The molecule has 0 fully saturated rings. The Morgan fingerprint density at radius 2 is 2.19 bits per heavy atom. The summed E-state index contributed by atoms with van der Waals surface area (Å²) in [7, 11) is 0. The molecule has 1 aromatic heterocycles. The van der Waals surface area contributed by atoms with Gasteiger partial charge in [0, 0.05) is 9.75 Å². The number of nitrogens with one attached hydrogen (secondary N) is 1. The number of hydrogen-bond donors (Lipinski definition) is 2. The summed E-state index contributed by atoms with van der Waals surface area (Å²) in [5.74, 6) is -0.0711. The summed E-state index contributed by atoms with van der Waals surface area (Å²) in [6.07, 6.45) is 0.667. The van der Waals surface area contributed by atoms with Gasteiger partial charge in [0.25, 0.3) is 0 Å². The molecule has 0 aliphatic rings. The molecule has 4 heteroatoms. The fourth-order valence-corrected chi connectivity index (χ4v) is 2.69. The summed E-state index contributed by atoms with van der Waals surface area (Å²) in [5, 5.41) is 2.94. The van der Waals surface area contributed by atoms with E-state index in [-0.39, 0.29) is 11.9 Å². The van der Waals surface area contributed by atoms with E-state index in [1.54, 1.807) is 11.3 Å². The molecule has 0 saturated heterocycles. The van der Waals surface area contributed by atoms with Gasteiger partial charge in [-0.2, -0.15) is 0 Å². The molecule has 0 bridgehead atoms. The minimum atomic E-state index is -0.400. The Hall–Kier alpha value is -0.870. The highest BCUT2D eigenvalue weighted by molar-refractivity contribution is 7.12. The van der Waals surface area contributed by atoms with Crippen LogP contribution in [0.1, 0.15) is 41.6 Å². The first-order chi connectivity index (χ1) is 7.45. The number of thiophene rings is 1. The molecule has 0 aliphatic heterocycles. The number of amides is 1. The maximum atomic E-state index is 11.6. The zero-order chi connectivity index (χ0) is 12.3. The molecule has 0 radical (unpaired) electrons. The zero-order valence-corrected chi connectivity index (χ0v) is 11.1. The van der Waals surface area contributed by atoms with Gasteiger partial charge in [0.1, 0.15) is 0 Å². The van der Waals surface area contributed by atoms with Gasteiger partial charge in [-0.25, -0.2) is 0 Å². The molecule has 16 heavy (non-hydrogen) atoms. The molecule has 3 nitrogen and oxygen atoms in total. The zero-order valence-electron chi connectivity index (χ0n) is 10.3. The maximum absolute atomic E-state index is 11.6. The fourth-order valence-electron chi connectivity index (χ4n) is 1.66. The van der Waals surface area contributed by atoms with Crippen LogP contribution in [0.25, 0.3) is 0 Å². The minimum absolute atomic E-state index is 0.0371. The van der Waals surface area contributed by atoms with Gasteiger partial charge in [0.15, 0.2) is 0 Å². The number of hydrogen-bond acceptors (Lipinski definition) is 3. The average Bonchev–Trinajstić information content (AvgIpc) is 2.56. The summed E-state index contributed by atoms with van der Waals surface area (Å²) in [4.78, 5) is 14.2. The molecule has 1 heterocycles. The van der Waals surface area contributed by atoms with E-state index in [2.05, 4.69) is 25.2 Å². The van der Waals surface area contributed by atoms with Crippen molar-refractivity contribution in [3.63, 3.8) is 0 Å². The first kappa shape index (κ1) is 13.2.